The number of aliphatic hydroxyl groups is 1. The molecular formula is C15H29NO. The Morgan fingerprint density at radius 3 is 2.65 bits per heavy atom. The SMILES string of the molecule is CCC1CCCCN1C1CCCC(C)(C)C1O. The Morgan fingerprint density at radius 2 is 1.94 bits per heavy atom. The molecule has 3 unspecified atom stereocenters. The summed E-state index contributed by atoms with van der Waals surface area (Å²) < 4.78 is 0. The molecule has 100 valence electrons. The van der Waals surface area contributed by atoms with E-state index in [1.165, 1.54) is 51.5 Å². The van der Waals surface area contributed by atoms with Crippen LogP contribution in [0.3, 0.4) is 0 Å². The van der Waals surface area contributed by atoms with Crippen LogP contribution in [0.1, 0.15) is 65.7 Å². The van der Waals surface area contributed by atoms with Crippen molar-refractivity contribution >= 4 is 0 Å². The smallest absolute Gasteiger partial charge is 0.0746 e. The number of hydrogen-bond donors (Lipinski definition) is 1. The second kappa shape index (κ2) is 5.27. The maximum Gasteiger partial charge on any atom is 0.0746 e. The first-order chi connectivity index (χ1) is 8.06. The summed E-state index contributed by atoms with van der Waals surface area (Å²) in [5.74, 6) is 0. The third-order valence-corrected chi connectivity index (χ3v) is 5.06. The van der Waals surface area contributed by atoms with Crippen LogP contribution in [0, 0.1) is 5.41 Å². The van der Waals surface area contributed by atoms with Crippen molar-refractivity contribution in [2.75, 3.05) is 6.54 Å². The third kappa shape index (κ3) is 2.68. The van der Waals surface area contributed by atoms with E-state index < -0.39 is 0 Å². The van der Waals surface area contributed by atoms with E-state index >= 15 is 0 Å². The molecule has 0 aromatic carbocycles. The molecule has 0 amide bonds. The van der Waals surface area contributed by atoms with Crippen molar-refractivity contribution in [1.29, 1.82) is 0 Å². The van der Waals surface area contributed by atoms with Crippen molar-refractivity contribution in [3.8, 4) is 0 Å². The van der Waals surface area contributed by atoms with Gasteiger partial charge in [-0.1, -0.05) is 33.6 Å². The molecule has 17 heavy (non-hydrogen) atoms. The quantitative estimate of drug-likeness (QED) is 0.800. The fourth-order valence-corrected chi connectivity index (χ4v) is 3.84. The number of nitrogens with zero attached hydrogens (tertiary/aromatic N) is 1. The van der Waals surface area contributed by atoms with Gasteiger partial charge in [-0.25, -0.2) is 0 Å². The number of rotatable bonds is 2. The van der Waals surface area contributed by atoms with E-state index in [0.717, 1.165) is 6.04 Å². The molecule has 2 heteroatoms. The molecule has 2 rings (SSSR count). The largest absolute Gasteiger partial charge is 0.391 e. The average Bonchev–Trinajstić information content (AvgIpc) is 2.33. The molecule has 0 aromatic rings. The maximum atomic E-state index is 10.6. The van der Waals surface area contributed by atoms with Gasteiger partial charge in [0.25, 0.3) is 0 Å². The van der Waals surface area contributed by atoms with E-state index in [-0.39, 0.29) is 11.5 Å². The molecule has 0 aromatic heterocycles. The van der Waals surface area contributed by atoms with E-state index in [1.54, 1.807) is 0 Å². The van der Waals surface area contributed by atoms with Gasteiger partial charge in [0.1, 0.15) is 0 Å². The van der Waals surface area contributed by atoms with Gasteiger partial charge < -0.3 is 5.11 Å². The lowest BCUT2D eigenvalue weighted by molar-refractivity contribution is -0.0766. The predicted molar refractivity (Wildman–Crippen MR) is 72.1 cm³/mol. The zero-order valence-electron chi connectivity index (χ0n) is 11.8. The lowest BCUT2D eigenvalue weighted by Crippen LogP contribution is -2.56. The highest BCUT2D eigenvalue weighted by molar-refractivity contribution is 4.95. The van der Waals surface area contributed by atoms with Crippen LogP contribution in [0.5, 0.6) is 0 Å². The molecule has 2 nitrogen and oxygen atoms in total. The first-order valence-electron chi connectivity index (χ1n) is 7.50. The van der Waals surface area contributed by atoms with Crippen molar-refractivity contribution < 1.29 is 5.11 Å². The molecule has 1 aliphatic heterocycles. The summed E-state index contributed by atoms with van der Waals surface area (Å²) in [4.78, 5) is 2.63. The molecule has 1 saturated heterocycles. The minimum absolute atomic E-state index is 0.110. The minimum atomic E-state index is -0.136. The van der Waals surface area contributed by atoms with Gasteiger partial charge in [0.15, 0.2) is 0 Å². The van der Waals surface area contributed by atoms with Gasteiger partial charge in [-0.3, -0.25) is 4.90 Å². The van der Waals surface area contributed by atoms with Crippen molar-refractivity contribution in [3.05, 3.63) is 0 Å². The summed E-state index contributed by atoms with van der Waals surface area (Å²) in [6.07, 6.45) is 8.78. The van der Waals surface area contributed by atoms with Gasteiger partial charge in [-0.15, -0.1) is 0 Å². The lowest BCUT2D eigenvalue weighted by Gasteiger charge is -2.49. The number of likely N-dealkylation sites (tertiary alicyclic amines) is 1. The minimum Gasteiger partial charge on any atom is -0.391 e. The highest BCUT2D eigenvalue weighted by Crippen LogP contribution is 2.39. The second-order valence-electron chi connectivity index (χ2n) is 6.69. The van der Waals surface area contributed by atoms with Crippen molar-refractivity contribution in [2.24, 2.45) is 5.41 Å². The molecular weight excluding hydrogens is 210 g/mol. The highest BCUT2D eigenvalue weighted by atomic mass is 16.3. The number of aliphatic hydroxyl groups excluding tert-OH is 1. The second-order valence-corrected chi connectivity index (χ2v) is 6.69. The molecule has 0 radical (unpaired) electrons. The van der Waals surface area contributed by atoms with Gasteiger partial charge in [-0.2, -0.15) is 0 Å². The van der Waals surface area contributed by atoms with E-state index in [0.29, 0.717) is 6.04 Å². The van der Waals surface area contributed by atoms with Crippen LogP contribution >= 0.6 is 0 Å². The van der Waals surface area contributed by atoms with Crippen molar-refractivity contribution in [1.82, 2.24) is 4.90 Å². The average molecular weight is 239 g/mol. The molecule has 1 aliphatic carbocycles. The van der Waals surface area contributed by atoms with Gasteiger partial charge in [0, 0.05) is 12.1 Å². The fraction of sp³-hybridized carbons (Fsp3) is 1.00. The predicted octanol–water partition coefficient (Wildman–Crippen LogP) is 3.19. The first kappa shape index (κ1) is 13.4. The van der Waals surface area contributed by atoms with Crippen LogP contribution < -0.4 is 0 Å². The summed E-state index contributed by atoms with van der Waals surface area (Å²) in [7, 11) is 0. The van der Waals surface area contributed by atoms with Crippen LogP contribution in [0.25, 0.3) is 0 Å². The molecule has 3 atom stereocenters. The number of hydrogen-bond acceptors (Lipinski definition) is 2. The van der Waals surface area contributed by atoms with Gasteiger partial charge in [0.2, 0.25) is 0 Å². The summed E-state index contributed by atoms with van der Waals surface area (Å²) in [5, 5.41) is 10.6. The van der Waals surface area contributed by atoms with Crippen LogP contribution in [0.15, 0.2) is 0 Å². The van der Waals surface area contributed by atoms with Crippen LogP contribution in [-0.4, -0.2) is 34.7 Å². The lowest BCUT2D eigenvalue weighted by atomic mass is 9.71. The Hall–Kier alpha value is -0.0800. The summed E-state index contributed by atoms with van der Waals surface area (Å²) >= 11 is 0. The molecule has 1 N–H and O–H groups in total. The Bertz CT molecular complexity index is 251. The normalized spacial score (nSPS) is 39.2. The van der Waals surface area contributed by atoms with Crippen molar-refractivity contribution in [3.63, 3.8) is 0 Å². The molecule has 0 bridgehead atoms. The van der Waals surface area contributed by atoms with Gasteiger partial charge >= 0.3 is 0 Å². The van der Waals surface area contributed by atoms with Crippen molar-refractivity contribution in [2.45, 2.75) is 83.9 Å². The third-order valence-electron chi connectivity index (χ3n) is 5.06. The topological polar surface area (TPSA) is 23.5 Å². The Morgan fingerprint density at radius 1 is 1.18 bits per heavy atom. The Balaban J connectivity index is 2.09. The zero-order valence-corrected chi connectivity index (χ0v) is 11.8. The zero-order chi connectivity index (χ0) is 12.5. The maximum absolute atomic E-state index is 10.6. The standard InChI is InChI=1S/C15H29NO/c1-4-12-8-5-6-11-16(12)13-9-7-10-15(2,3)14(13)17/h12-14,17H,4-11H2,1-3H3. The van der Waals surface area contributed by atoms with Gasteiger partial charge in [0.05, 0.1) is 6.10 Å². The molecule has 2 aliphatic rings. The summed E-state index contributed by atoms with van der Waals surface area (Å²) in [5.41, 5.74) is 0.110. The summed E-state index contributed by atoms with van der Waals surface area (Å²) in [6.45, 7) is 7.96. The molecule has 0 spiro atoms. The Labute approximate surface area is 106 Å². The molecule has 1 saturated carbocycles. The Kier molecular flexibility index (Phi) is 4.14. The van der Waals surface area contributed by atoms with Crippen LogP contribution in [-0.2, 0) is 0 Å². The number of piperidine rings is 1. The fourth-order valence-electron chi connectivity index (χ4n) is 3.84. The highest BCUT2D eigenvalue weighted by Gasteiger charge is 2.42. The van der Waals surface area contributed by atoms with Gasteiger partial charge in [-0.05, 0) is 44.1 Å². The van der Waals surface area contributed by atoms with E-state index in [2.05, 4.69) is 25.7 Å². The van der Waals surface area contributed by atoms with Crippen LogP contribution in [0.4, 0.5) is 0 Å². The van der Waals surface area contributed by atoms with E-state index in [1.807, 2.05) is 0 Å². The molecule has 2 fully saturated rings. The summed E-state index contributed by atoms with van der Waals surface area (Å²) in [6, 6.07) is 1.14. The van der Waals surface area contributed by atoms with Crippen LogP contribution in [0.2, 0.25) is 0 Å². The molecule has 1 heterocycles. The monoisotopic (exact) mass is 239 g/mol. The first-order valence-corrected chi connectivity index (χ1v) is 7.50. The van der Waals surface area contributed by atoms with E-state index in [9.17, 15) is 5.11 Å². The van der Waals surface area contributed by atoms with E-state index in [4.69, 9.17) is 0 Å².